The number of alkyl halides is 3. The lowest BCUT2D eigenvalue weighted by molar-refractivity contribution is -0.136. The number of aromatic nitrogens is 1. The monoisotopic (exact) mass is 409 g/mol. The first kappa shape index (κ1) is 20.3. The molecule has 8 nitrogen and oxygen atoms in total. The van der Waals surface area contributed by atoms with Crippen LogP contribution in [0.5, 0.6) is 5.75 Å². The molecule has 3 aromatic rings. The Morgan fingerprint density at radius 2 is 1.97 bits per heavy atom. The van der Waals surface area contributed by atoms with Gasteiger partial charge >= 0.3 is 6.18 Å². The first-order valence-corrected chi connectivity index (χ1v) is 8.36. The number of furan rings is 1. The predicted octanol–water partition coefficient (Wildman–Crippen LogP) is 2.78. The van der Waals surface area contributed by atoms with E-state index in [0.29, 0.717) is 11.5 Å². The second-order valence-electron chi connectivity index (χ2n) is 6.22. The molecule has 154 valence electrons. The number of H-pyrrole nitrogens is 1. The highest BCUT2D eigenvalue weighted by atomic mass is 19.4. The highest BCUT2D eigenvalue weighted by Crippen LogP contribution is 2.38. The van der Waals surface area contributed by atoms with Crippen molar-refractivity contribution < 1.29 is 27.1 Å². The van der Waals surface area contributed by atoms with Gasteiger partial charge < -0.3 is 25.6 Å². The number of carbonyl (C=O) groups is 1. The van der Waals surface area contributed by atoms with Crippen molar-refractivity contribution in [1.29, 1.82) is 5.41 Å². The van der Waals surface area contributed by atoms with Crippen LogP contribution in [0.15, 0.2) is 34.7 Å². The van der Waals surface area contributed by atoms with E-state index in [2.05, 4.69) is 4.98 Å². The highest BCUT2D eigenvalue weighted by Gasteiger charge is 2.34. The van der Waals surface area contributed by atoms with E-state index in [-0.39, 0.29) is 35.5 Å². The zero-order chi connectivity index (χ0) is 21.3. The highest BCUT2D eigenvalue weighted by molar-refractivity contribution is 6.06. The van der Waals surface area contributed by atoms with Gasteiger partial charge in [0.15, 0.2) is 5.96 Å². The summed E-state index contributed by atoms with van der Waals surface area (Å²) in [6.07, 6.45) is -4.68. The average Bonchev–Trinajstić information content (AvgIpc) is 3.29. The van der Waals surface area contributed by atoms with Crippen molar-refractivity contribution in [3.05, 3.63) is 53.1 Å². The van der Waals surface area contributed by atoms with Crippen molar-refractivity contribution in [2.45, 2.75) is 19.3 Å². The van der Waals surface area contributed by atoms with E-state index in [1.807, 2.05) is 0 Å². The van der Waals surface area contributed by atoms with E-state index < -0.39 is 23.6 Å². The summed E-state index contributed by atoms with van der Waals surface area (Å²) < 4.78 is 51.5. The lowest BCUT2D eigenvalue weighted by Crippen LogP contribution is -2.38. The van der Waals surface area contributed by atoms with Gasteiger partial charge in [-0.25, -0.2) is 0 Å². The molecule has 0 aliphatic carbocycles. The van der Waals surface area contributed by atoms with Crippen LogP contribution in [0.1, 0.15) is 27.6 Å². The molecule has 0 unspecified atom stereocenters. The van der Waals surface area contributed by atoms with Gasteiger partial charge in [-0.3, -0.25) is 15.1 Å². The molecule has 11 heteroatoms. The molecule has 0 fully saturated rings. The van der Waals surface area contributed by atoms with Gasteiger partial charge in [0.05, 0.1) is 17.6 Å². The maximum Gasteiger partial charge on any atom is 0.417 e. The summed E-state index contributed by atoms with van der Waals surface area (Å²) >= 11 is 0. The molecular formula is C18H18F3N5O3. The molecule has 6 N–H and O–H groups in total. The van der Waals surface area contributed by atoms with Crippen molar-refractivity contribution in [2.75, 3.05) is 7.05 Å². The van der Waals surface area contributed by atoms with E-state index >= 15 is 0 Å². The third-order valence-electron chi connectivity index (χ3n) is 4.21. The molecule has 0 aliphatic heterocycles. The number of benzene rings is 1. The molecule has 0 saturated heterocycles. The maximum absolute atomic E-state index is 13.6. The number of halogens is 3. The van der Waals surface area contributed by atoms with Gasteiger partial charge in [0.25, 0.3) is 5.91 Å². The van der Waals surface area contributed by atoms with Gasteiger partial charge in [0.1, 0.15) is 29.6 Å². The maximum atomic E-state index is 13.6. The van der Waals surface area contributed by atoms with Crippen LogP contribution in [0, 0.1) is 5.41 Å². The van der Waals surface area contributed by atoms with Crippen molar-refractivity contribution in [1.82, 2.24) is 9.88 Å². The molecule has 1 amide bonds. The summed E-state index contributed by atoms with van der Waals surface area (Å²) in [5.74, 6) is -0.406. The Balaban J connectivity index is 1.97. The van der Waals surface area contributed by atoms with Crippen LogP contribution in [0.4, 0.5) is 13.2 Å². The fourth-order valence-corrected chi connectivity index (χ4v) is 2.70. The first-order valence-electron chi connectivity index (χ1n) is 8.36. The van der Waals surface area contributed by atoms with Gasteiger partial charge in [-0.2, -0.15) is 13.2 Å². The van der Waals surface area contributed by atoms with E-state index in [9.17, 15) is 18.0 Å². The quantitative estimate of drug-likeness (QED) is 0.380. The van der Waals surface area contributed by atoms with Crippen LogP contribution < -0.4 is 16.2 Å². The standard InChI is InChI=1S/C18H18F3N5O3/c1-26(17(23)24)16(27)15-6-12-13(18(19,20)21)4-11(5-14(12)25-15)28-8-10-3-2-9(7-22)29-10/h2-6,25H,7-8,22H2,1H3,(H3,23,24). The zero-order valence-corrected chi connectivity index (χ0v) is 15.3. The lowest BCUT2D eigenvalue weighted by Gasteiger charge is -2.12. The summed E-state index contributed by atoms with van der Waals surface area (Å²) in [6.45, 7) is 0.0978. The topological polar surface area (TPSA) is 134 Å². The number of amides is 1. The number of nitrogens with one attached hydrogen (secondary N) is 2. The number of aromatic amines is 1. The Hall–Kier alpha value is -3.47. The van der Waals surface area contributed by atoms with Gasteiger partial charge in [-0.1, -0.05) is 0 Å². The van der Waals surface area contributed by atoms with Gasteiger partial charge in [-0.15, -0.1) is 0 Å². The van der Waals surface area contributed by atoms with Crippen molar-refractivity contribution in [2.24, 2.45) is 11.5 Å². The molecule has 1 aromatic carbocycles. The Bertz CT molecular complexity index is 1070. The Labute approximate surface area is 162 Å². The van der Waals surface area contributed by atoms with Crippen molar-refractivity contribution in [3.8, 4) is 5.75 Å². The molecule has 0 spiro atoms. The van der Waals surface area contributed by atoms with E-state index in [1.54, 1.807) is 12.1 Å². The van der Waals surface area contributed by atoms with Crippen LogP contribution in [-0.2, 0) is 19.3 Å². The van der Waals surface area contributed by atoms with Gasteiger partial charge in [-0.05, 0) is 24.3 Å². The third kappa shape index (κ3) is 4.19. The second-order valence-corrected chi connectivity index (χ2v) is 6.22. The van der Waals surface area contributed by atoms with Crippen LogP contribution in [0.25, 0.3) is 10.9 Å². The normalized spacial score (nSPS) is 11.6. The molecule has 0 bridgehead atoms. The number of carbonyl (C=O) groups excluding carboxylic acids is 1. The molecule has 0 radical (unpaired) electrons. The van der Waals surface area contributed by atoms with Crippen molar-refractivity contribution in [3.63, 3.8) is 0 Å². The predicted molar refractivity (Wildman–Crippen MR) is 98.2 cm³/mol. The Morgan fingerprint density at radius 3 is 2.55 bits per heavy atom. The average molecular weight is 409 g/mol. The summed E-state index contributed by atoms with van der Waals surface area (Å²) in [4.78, 5) is 15.7. The molecular weight excluding hydrogens is 391 g/mol. The number of hydrogen-bond donors (Lipinski definition) is 4. The smallest absolute Gasteiger partial charge is 0.417 e. The van der Waals surface area contributed by atoms with Crippen LogP contribution in [0.3, 0.4) is 0 Å². The SMILES string of the molecule is CN(C(=N)N)C(=O)c1cc2c(C(F)(F)F)cc(OCc3ccc(CN)o3)cc2[nH]1. The fraction of sp³-hybridized carbons (Fsp3) is 0.222. The zero-order valence-electron chi connectivity index (χ0n) is 15.3. The fourth-order valence-electron chi connectivity index (χ4n) is 2.70. The van der Waals surface area contributed by atoms with Gasteiger partial charge in [0.2, 0.25) is 0 Å². The first-order chi connectivity index (χ1) is 13.6. The molecule has 2 aromatic heterocycles. The Morgan fingerprint density at radius 1 is 1.28 bits per heavy atom. The molecule has 0 atom stereocenters. The van der Waals surface area contributed by atoms with E-state index in [4.69, 9.17) is 26.0 Å². The summed E-state index contributed by atoms with van der Waals surface area (Å²) in [5, 5.41) is 7.09. The number of rotatable bonds is 5. The minimum absolute atomic E-state index is 0.0530. The van der Waals surface area contributed by atoms with Gasteiger partial charge in [0, 0.05) is 18.5 Å². The molecule has 3 rings (SSSR count). The summed E-state index contributed by atoms with van der Waals surface area (Å²) in [5.41, 5.74) is 9.66. The molecule has 0 aliphatic rings. The minimum Gasteiger partial charge on any atom is -0.486 e. The van der Waals surface area contributed by atoms with Crippen LogP contribution >= 0.6 is 0 Å². The minimum atomic E-state index is -4.68. The number of fused-ring (bicyclic) bond motifs is 1. The number of hydrogen-bond acceptors (Lipinski definition) is 5. The number of guanidine groups is 1. The number of nitrogens with two attached hydrogens (primary N) is 2. The number of nitrogens with zero attached hydrogens (tertiary/aromatic N) is 1. The molecule has 29 heavy (non-hydrogen) atoms. The van der Waals surface area contributed by atoms with Crippen molar-refractivity contribution >= 4 is 22.8 Å². The lowest BCUT2D eigenvalue weighted by atomic mass is 10.1. The third-order valence-corrected chi connectivity index (χ3v) is 4.21. The van der Waals surface area contributed by atoms with E-state index in [1.165, 1.54) is 13.1 Å². The van der Waals surface area contributed by atoms with Crippen LogP contribution in [-0.4, -0.2) is 28.8 Å². The Kier molecular flexibility index (Phi) is 5.25. The molecule has 2 heterocycles. The number of ether oxygens (including phenoxy) is 1. The van der Waals surface area contributed by atoms with E-state index in [0.717, 1.165) is 17.0 Å². The summed E-state index contributed by atoms with van der Waals surface area (Å²) in [6, 6.07) is 6.55. The largest absolute Gasteiger partial charge is 0.486 e. The van der Waals surface area contributed by atoms with Crippen LogP contribution in [0.2, 0.25) is 0 Å². The summed E-state index contributed by atoms with van der Waals surface area (Å²) in [7, 11) is 1.24. The molecule has 0 saturated carbocycles. The second kappa shape index (κ2) is 7.51.